The van der Waals surface area contributed by atoms with Gasteiger partial charge in [-0.3, -0.25) is 4.79 Å². The van der Waals surface area contributed by atoms with E-state index in [1.807, 2.05) is 0 Å². The number of alkyl halides is 3. The smallest absolute Gasteiger partial charge is 0.344 e. The van der Waals surface area contributed by atoms with Crippen molar-refractivity contribution in [2.75, 3.05) is 17.3 Å². The Morgan fingerprint density at radius 3 is 2.07 bits per heavy atom. The van der Waals surface area contributed by atoms with Crippen molar-refractivity contribution >= 4 is 23.0 Å². The molecule has 30 heavy (non-hydrogen) atoms. The number of carbonyl (C=O) groups is 1. The Balaban J connectivity index is 1.85. The second kappa shape index (κ2) is 8.10. The molecule has 3 aromatic rings. The maximum absolute atomic E-state index is 13.7. The number of hydrogen-bond donors (Lipinski definition) is 1. The lowest BCUT2D eigenvalue weighted by Gasteiger charge is -2.24. The Bertz CT molecular complexity index is 1060. The van der Waals surface area contributed by atoms with Gasteiger partial charge < -0.3 is 10.2 Å². The van der Waals surface area contributed by atoms with Gasteiger partial charge in [0.2, 0.25) is 0 Å². The number of nitrogens with one attached hydrogen (secondary N) is 1. The molecule has 0 fully saturated rings. The highest BCUT2D eigenvalue weighted by Gasteiger charge is 2.34. The maximum Gasteiger partial charge on any atom is 0.418 e. The molecule has 156 valence electrons. The summed E-state index contributed by atoms with van der Waals surface area (Å²) in [7, 11) is 1.33. The summed E-state index contributed by atoms with van der Waals surface area (Å²) in [6, 6.07) is 10.6. The van der Waals surface area contributed by atoms with Gasteiger partial charge in [-0.05, 0) is 54.6 Å². The quantitative estimate of drug-likeness (QED) is 0.510. The van der Waals surface area contributed by atoms with Gasteiger partial charge in [-0.1, -0.05) is 6.07 Å². The highest BCUT2D eigenvalue weighted by molar-refractivity contribution is 6.04. The van der Waals surface area contributed by atoms with E-state index in [0.29, 0.717) is 6.07 Å². The molecule has 1 N–H and O–H groups in total. The Morgan fingerprint density at radius 1 is 0.900 bits per heavy atom. The van der Waals surface area contributed by atoms with Crippen LogP contribution >= 0.6 is 0 Å². The molecule has 3 nitrogen and oxygen atoms in total. The first-order valence-corrected chi connectivity index (χ1v) is 8.54. The second-order valence-corrected chi connectivity index (χ2v) is 6.32. The molecule has 0 aliphatic heterocycles. The molecule has 0 bridgehead atoms. The first kappa shape index (κ1) is 21.2. The Morgan fingerprint density at radius 2 is 1.50 bits per heavy atom. The number of carbonyl (C=O) groups excluding carboxylic acids is 1. The van der Waals surface area contributed by atoms with E-state index in [1.54, 1.807) is 0 Å². The highest BCUT2D eigenvalue weighted by atomic mass is 19.4. The molecule has 0 radical (unpaired) electrons. The fraction of sp³-hybridized carbons (Fsp3) is 0.0952. The monoisotopic (exact) mass is 424 g/mol. The van der Waals surface area contributed by atoms with Gasteiger partial charge in [0.1, 0.15) is 23.0 Å². The zero-order valence-electron chi connectivity index (χ0n) is 15.4. The van der Waals surface area contributed by atoms with Crippen molar-refractivity contribution in [3.8, 4) is 0 Å². The summed E-state index contributed by atoms with van der Waals surface area (Å²) >= 11 is 0. The van der Waals surface area contributed by atoms with Crippen molar-refractivity contribution in [2.45, 2.75) is 6.18 Å². The van der Waals surface area contributed by atoms with Crippen molar-refractivity contribution in [3.63, 3.8) is 0 Å². The molecule has 1 amide bonds. The summed E-state index contributed by atoms with van der Waals surface area (Å²) in [5.74, 6) is -3.92. The number of hydrogen-bond acceptors (Lipinski definition) is 2. The molecule has 0 heterocycles. The highest BCUT2D eigenvalue weighted by Crippen LogP contribution is 2.39. The number of rotatable bonds is 4. The van der Waals surface area contributed by atoms with Crippen LogP contribution in [0.5, 0.6) is 0 Å². The molecule has 0 unspecified atom stereocenters. The Labute approximate surface area is 167 Å². The molecule has 3 aromatic carbocycles. The van der Waals surface area contributed by atoms with Crippen LogP contribution in [0.15, 0.2) is 60.7 Å². The van der Waals surface area contributed by atoms with Crippen LogP contribution in [0, 0.1) is 17.5 Å². The van der Waals surface area contributed by atoms with E-state index in [9.17, 15) is 31.1 Å². The maximum atomic E-state index is 13.7. The van der Waals surface area contributed by atoms with Crippen molar-refractivity contribution in [1.29, 1.82) is 0 Å². The summed E-state index contributed by atoms with van der Waals surface area (Å²) in [4.78, 5) is 13.3. The molecule has 0 atom stereocenters. The lowest BCUT2D eigenvalue weighted by molar-refractivity contribution is -0.137. The van der Waals surface area contributed by atoms with Crippen molar-refractivity contribution in [1.82, 2.24) is 0 Å². The van der Waals surface area contributed by atoms with Gasteiger partial charge >= 0.3 is 6.18 Å². The molecule has 0 saturated carbocycles. The number of nitrogens with zero attached hydrogens (tertiary/aromatic N) is 1. The third-order valence-corrected chi connectivity index (χ3v) is 4.33. The van der Waals surface area contributed by atoms with Gasteiger partial charge in [-0.25, -0.2) is 13.2 Å². The predicted octanol–water partition coefficient (Wildman–Crippen LogP) is 6.14. The molecular formula is C21H14F6N2O. The fourth-order valence-corrected chi connectivity index (χ4v) is 2.84. The number of halogens is 6. The Kier molecular flexibility index (Phi) is 5.73. The van der Waals surface area contributed by atoms with Gasteiger partial charge in [-0.15, -0.1) is 0 Å². The summed E-state index contributed by atoms with van der Waals surface area (Å²) in [6.07, 6.45) is -4.69. The molecule has 0 saturated heterocycles. The van der Waals surface area contributed by atoms with E-state index in [2.05, 4.69) is 5.32 Å². The average Bonchev–Trinajstić information content (AvgIpc) is 2.67. The summed E-state index contributed by atoms with van der Waals surface area (Å²) in [6.45, 7) is 0. The van der Waals surface area contributed by atoms with Gasteiger partial charge in [0, 0.05) is 18.4 Å². The van der Waals surface area contributed by atoms with Gasteiger partial charge in [-0.2, -0.15) is 13.2 Å². The van der Waals surface area contributed by atoms with Crippen LogP contribution in [0.3, 0.4) is 0 Å². The van der Waals surface area contributed by atoms with Gasteiger partial charge in [0.25, 0.3) is 5.91 Å². The molecule has 0 aliphatic carbocycles. The molecular weight excluding hydrogens is 410 g/mol. The zero-order valence-corrected chi connectivity index (χ0v) is 15.4. The largest absolute Gasteiger partial charge is 0.418 e. The van der Waals surface area contributed by atoms with Crippen molar-refractivity contribution in [3.05, 3.63) is 89.2 Å². The Hall–Kier alpha value is -3.49. The van der Waals surface area contributed by atoms with Crippen LogP contribution in [0.4, 0.5) is 43.4 Å². The normalized spacial score (nSPS) is 11.3. The number of benzene rings is 3. The van der Waals surface area contributed by atoms with E-state index in [4.69, 9.17) is 0 Å². The molecule has 0 aliphatic rings. The van der Waals surface area contributed by atoms with Crippen molar-refractivity contribution in [2.24, 2.45) is 0 Å². The molecule has 0 aromatic heterocycles. The van der Waals surface area contributed by atoms with Crippen LogP contribution < -0.4 is 10.2 Å². The lowest BCUT2D eigenvalue weighted by Crippen LogP contribution is -2.17. The van der Waals surface area contributed by atoms with Gasteiger partial charge in [0.05, 0.1) is 11.3 Å². The van der Waals surface area contributed by atoms with E-state index in [0.717, 1.165) is 35.2 Å². The first-order chi connectivity index (χ1) is 14.1. The minimum atomic E-state index is -4.69. The van der Waals surface area contributed by atoms with Crippen LogP contribution in [0.2, 0.25) is 0 Å². The fourth-order valence-electron chi connectivity index (χ4n) is 2.84. The van der Waals surface area contributed by atoms with E-state index in [-0.39, 0.29) is 11.4 Å². The minimum Gasteiger partial charge on any atom is -0.344 e. The number of anilines is 3. The second-order valence-electron chi connectivity index (χ2n) is 6.32. The van der Waals surface area contributed by atoms with Crippen molar-refractivity contribution < 1.29 is 31.1 Å². The first-order valence-electron chi connectivity index (χ1n) is 8.54. The average molecular weight is 424 g/mol. The topological polar surface area (TPSA) is 32.3 Å². The molecule has 9 heteroatoms. The summed E-state index contributed by atoms with van der Waals surface area (Å²) in [5, 5.41) is 2.31. The lowest BCUT2D eigenvalue weighted by atomic mass is 10.1. The summed E-state index contributed by atoms with van der Waals surface area (Å²) in [5.41, 5.74) is -1.74. The molecule has 0 spiro atoms. The van der Waals surface area contributed by atoms with Gasteiger partial charge in [0.15, 0.2) is 0 Å². The van der Waals surface area contributed by atoms with E-state index >= 15 is 0 Å². The third-order valence-electron chi connectivity index (χ3n) is 4.33. The van der Waals surface area contributed by atoms with E-state index < -0.39 is 46.3 Å². The predicted molar refractivity (Wildman–Crippen MR) is 100 cm³/mol. The SMILES string of the molecule is CN(c1ccc(NC(=O)c2c(F)cccc2F)cc1)c1cc(F)ccc1C(F)(F)F. The summed E-state index contributed by atoms with van der Waals surface area (Å²) < 4.78 is 80.6. The van der Waals surface area contributed by atoms with Crippen LogP contribution in [0.25, 0.3) is 0 Å². The van der Waals surface area contributed by atoms with Crippen LogP contribution in [0.1, 0.15) is 15.9 Å². The molecule has 3 rings (SSSR count). The van der Waals surface area contributed by atoms with Crippen LogP contribution in [-0.4, -0.2) is 13.0 Å². The zero-order chi connectivity index (χ0) is 22.1. The third kappa shape index (κ3) is 4.40. The minimum absolute atomic E-state index is 0.162. The van der Waals surface area contributed by atoms with Crippen LogP contribution in [-0.2, 0) is 6.18 Å². The standard InChI is InChI=1S/C21H14F6N2O/c1-29(18-11-12(22)5-10-15(18)21(25,26)27)14-8-6-13(7-9-14)28-20(30)19-16(23)3-2-4-17(19)24/h2-11H,1H3,(H,28,30). The number of amides is 1. The van der Waals surface area contributed by atoms with E-state index in [1.165, 1.54) is 31.3 Å².